The second-order valence-corrected chi connectivity index (χ2v) is 7.29. The van der Waals surface area contributed by atoms with E-state index in [4.69, 9.17) is 4.74 Å². The Bertz CT molecular complexity index is 1120. The molecule has 0 fully saturated rings. The molecule has 0 radical (unpaired) electrons. The molecule has 0 saturated carbocycles. The summed E-state index contributed by atoms with van der Waals surface area (Å²) in [7, 11) is 1.92. The standard InChI is InChI=1S/C21H18BrN5O2/c1-26-11-10-23-20(26)14-29-19-8-4-17(5-9-19)25-21(28)15-2-6-18(7-3-15)27-13-16(22)12-24-27/h2-13H,14H2,1H3,(H,25,28). The van der Waals surface area contributed by atoms with E-state index in [1.54, 1.807) is 41.3 Å². The minimum Gasteiger partial charge on any atom is -0.486 e. The number of carbonyl (C=O) groups excluding carboxylic acids is 1. The Hall–Kier alpha value is -3.39. The van der Waals surface area contributed by atoms with E-state index in [-0.39, 0.29) is 5.91 Å². The van der Waals surface area contributed by atoms with E-state index >= 15 is 0 Å². The number of halogens is 1. The number of nitrogens with zero attached hydrogens (tertiary/aromatic N) is 4. The van der Waals surface area contributed by atoms with Gasteiger partial charge in [0.15, 0.2) is 0 Å². The summed E-state index contributed by atoms with van der Waals surface area (Å²) < 4.78 is 10.3. The molecule has 0 aliphatic heterocycles. The SMILES string of the molecule is Cn1ccnc1COc1ccc(NC(=O)c2ccc(-n3cc(Br)cn3)cc2)cc1. The Morgan fingerprint density at radius 1 is 1.14 bits per heavy atom. The molecule has 8 heteroatoms. The van der Waals surface area contributed by atoms with Crippen LogP contribution < -0.4 is 10.1 Å². The lowest BCUT2D eigenvalue weighted by Gasteiger charge is -2.09. The molecule has 0 aliphatic carbocycles. The molecule has 4 rings (SSSR count). The first-order valence-electron chi connectivity index (χ1n) is 8.89. The van der Waals surface area contributed by atoms with Crippen LogP contribution in [0.4, 0.5) is 5.69 Å². The van der Waals surface area contributed by atoms with Crippen LogP contribution in [0.1, 0.15) is 16.2 Å². The molecule has 7 nitrogen and oxygen atoms in total. The van der Waals surface area contributed by atoms with Gasteiger partial charge in [0.2, 0.25) is 0 Å². The number of benzene rings is 2. The van der Waals surface area contributed by atoms with Gasteiger partial charge >= 0.3 is 0 Å². The largest absolute Gasteiger partial charge is 0.486 e. The number of aryl methyl sites for hydroxylation is 1. The van der Waals surface area contributed by atoms with Crippen molar-refractivity contribution in [1.29, 1.82) is 0 Å². The van der Waals surface area contributed by atoms with E-state index in [0.29, 0.717) is 23.6 Å². The third-order valence-electron chi connectivity index (χ3n) is 4.35. The minimum absolute atomic E-state index is 0.181. The van der Waals surface area contributed by atoms with Gasteiger partial charge in [0, 0.05) is 36.9 Å². The molecule has 0 spiro atoms. The molecule has 1 amide bonds. The summed E-state index contributed by atoms with van der Waals surface area (Å²) in [6.45, 7) is 0.383. The van der Waals surface area contributed by atoms with Crippen LogP contribution in [-0.4, -0.2) is 25.2 Å². The highest BCUT2D eigenvalue weighted by Gasteiger charge is 2.08. The van der Waals surface area contributed by atoms with Gasteiger partial charge in [-0.3, -0.25) is 4.79 Å². The second-order valence-electron chi connectivity index (χ2n) is 6.37. The molecule has 0 saturated heterocycles. The maximum Gasteiger partial charge on any atom is 0.255 e. The van der Waals surface area contributed by atoms with Crippen LogP contribution in [0.25, 0.3) is 5.69 Å². The zero-order valence-corrected chi connectivity index (χ0v) is 17.2. The summed E-state index contributed by atoms with van der Waals surface area (Å²) in [6, 6.07) is 14.5. The average Bonchev–Trinajstić information content (AvgIpc) is 3.35. The van der Waals surface area contributed by atoms with Gasteiger partial charge in [-0.1, -0.05) is 0 Å². The van der Waals surface area contributed by atoms with Crippen molar-refractivity contribution in [3.05, 3.63) is 89.2 Å². The number of hydrogen-bond acceptors (Lipinski definition) is 4. The van der Waals surface area contributed by atoms with Crippen molar-refractivity contribution in [2.45, 2.75) is 6.61 Å². The molecule has 0 aliphatic rings. The topological polar surface area (TPSA) is 74.0 Å². The highest BCUT2D eigenvalue weighted by atomic mass is 79.9. The number of ether oxygens (including phenoxy) is 1. The van der Waals surface area contributed by atoms with Crippen molar-refractivity contribution in [3.63, 3.8) is 0 Å². The highest BCUT2D eigenvalue weighted by Crippen LogP contribution is 2.18. The molecule has 0 atom stereocenters. The molecule has 29 heavy (non-hydrogen) atoms. The summed E-state index contributed by atoms with van der Waals surface area (Å²) in [6.07, 6.45) is 7.17. The maximum atomic E-state index is 12.5. The van der Waals surface area contributed by atoms with Gasteiger partial charge in [-0.05, 0) is 64.5 Å². The molecule has 0 unspecified atom stereocenters. The first-order chi connectivity index (χ1) is 14.1. The predicted molar refractivity (Wildman–Crippen MR) is 113 cm³/mol. The average molecular weight is 452 g/mol. The molecule has 2 heterocycles. The van der Waals surface area contributed by atoms with Crippen LogP contribution >= 0.6 is 15.9 Å². The molecule has 2 aromatic carbocycles. The monoisotopic (exact) mass is 451 g/mol. The lowest BCUT2D eigenvalue weighted by atomic mass is 10.2. The highest BCUT2D eigenvalue weighted by molar-refractivity contribution is 9.10. The van der Waals surface area contributed by atoms with Crippen molar-refractivity contribution < 1.29 is 9.53 Å². The number of anilines is 1. The molecule has 146 valence electrons. The number of carbonyl (C=O) groups is 1. The minimum atomic E-state index is -0.181. The van der Waals surface area contributed by atoms with Crippen LogP contribution in [0.15, 0.2) is 77.8 Å². The maximum absolute atomic E-state index is 12.5. The van der Waals surface area contributed by atoms with Crippen molar-refractivity contribution >= 4 is 27.5 Å². The van der Waals surface area contributed by atoms with Crippen molar-refractivity contribution in [1.82, 2.24) is 19.3 Å². The Morgan fingerprint density at radius 3 is 2.52 bits per heavy atom. The number of imidazole rings is 1. The third kappa shape index (κ3) is 4.55. The first-order valence-corrected chi connectivity index (χ1v) is 9.69. The number of nitrogens with one attached hydrogen (secondary N) is 1. The summed E-state index contributed by atoms with van der Waals surface area (Å²) in [5.74, 6) is 1.37. The summed E-state index contributed by atoms with van der Waals surface area (Å²) in [5.41, 5.74) is 2.14. The Morgan fingerprint density at radius 2 is 1.90 bits per heavy atom. The second kappa shape index (κ2) is 8.32. The first kappa shape index (κ1) is 18.9. The number of aromatic nitrogens is 4. The normalized spacial score (nSPS) is 10.7. The summed E-state index contributed by atoms with van der Waals surface area (Å²) in [4.78, 5) is 16.7. The summed E-state index contributed by atoms with van der Waals surface area (Å²) >= 11 is 3.37. The molecular formula is C21H18BrN5O2. The van der Waals surface area contributed by atoms with Gasteiger partial charge in [-0.2, -0.15) is 5.10 Å². The zero-order valence-electron chi connectivity index (χ0n) is 15.6. The smallest absolute Gasteiger partial charge is 0.255 e. The van der Waals surface area contributed by atoms with E-state index in [1.165, 1.54) is 0 Å². The summed E-state index contributed by atoms with van der Waals surface area (Å²) in [5, 5.41) is 7.11. The van der Waals surface area contributed by atoms with Crippen LogP contribution in [0.5, 0.6) is 5.75 Å². The Kier molecular flexibility index (Phi) is 5.44. The van der Waals surface area contributed by atoms with E-state index in [1.807, 2.05) is 48.3 Å². The molecule has 1 N–H and O–H groups in total. The van der Waals surface area contributed by atoms with Gasteiger partial charge in [0.25, 0.3) is 5.91 Å². The van der Waals surface area contributed by atoms with Crippen LogP contribution in [0.2, 0.25) is 0 Å². The lowest BCUT2D eigenvalue weighted by molar-refractivity contribution is 0.102. The van der Waals surface area contributed by atoms with Crippen molar-refractivity contribution in [3.8, 4) is 11.4 Å². The van der Waals surface area contributed by atoms with Crippen LogP contribution in [0, 0.1) is 0 Å². The Balaban J connectivity index is 1.36. The van der Waals surface area contributed by atoms with E-state index in [2.05, 4.69) is 31.3 Å². The van der Waals surface area contributed by atoms with Crippen LogP contribution in [0.3, 0.4) is 0 Å². The van der Waals surface area contributed by atoms with E-state index in [9.17, 15) is 4.79 Å². The van der Waals surface area contributed by atoms with Gasteiger partial charge in [-0.15, -0.1) is 0 Å². The molecule has 0 bridgehead atoms. The van der Waals surface area contributed by atoms with Gasteiger partial charge in [-0.25, -0.2) is 9.67 Å². The molecule has 4 aromatic rings. The van der Waals surface area contributed by atoms with Crippen molar-refractivity contribution in [2.24, 2.45) is 7.05 Å². The fraction of sp³-hybridized carbons (Fsp3) is 0.0952. The molecule has 2 aromatic heterocycles. The quantitative estimate of drug-likeness (QED) is 0.476. The fourth-order valence-corrected chi connectivity index (χ4v) is 3.01. The lowest BCUT2D eigenvalue weighted by Crippen LogP contribution is -2.12. The van der Waals surface area contributed by atoms with Crippen LogP contribution in [-0.2, 0) is 13.7 Å². The van der Waals surface area contributed by atoms with Crippen molar-refractivity contribution in [2.75, 3.05) is 5.32 Å². The van der Waals surface area contributed by atoms with Gasteiger partial charge in [0.05, 0.1) is 16.4 Å². The van der Waals surface area contributed by atoms with Gasteiger partial charge in [0.1, 0.15) is 18.2 Å². The van der Waals surface area contributed by atoms with E-state index < -0.39 is 0 Å². The third-order valence-corrected chi connectivity index (χ3v) is 4.76. The number of hydrogen-bond donors (Lipinski definition) is 1. The van der Waals surface area contributed by atoms with Gasteiger partial charge < -0.3 is 14.6 Å². The Labute approximate surface area is 176 Å². The fourth-order valence-electron chi connectivity index (χ4n) is 2.73. The zero-order chi connectivity index (χ0) is 20.2. The molecular weight excluding hydrogens is 434 g/mol. The predicted octanol–water partition coefficient (Wildman–Crippen LogP) is 4.20. The number of rotatable bonds is 6. The van der Waals surface area contributed by atoms with E-state index in [0.717, 1.165) is 16.0 Å². The number of amides is 1.